The number of urea groups is 1. The number of nitrogens with zero attached hydrogens (tertiary/aromatic N) is 3. The Morgan fingerprint density at radius 1 is 1.50 bits per heavy atom. The van der Waals surface area contributed by atoms with Crippen molar-refractivity contribution in [1.29, 1.82) is 0 Å². The third-order valence-corrected chi connectivity index (χ3v) is 2.88. The maximum Gasteiger partial charge on any atom is 0.320 e. The largest absolute Gasteiger partial charge is 0.328 e. The lowest BCUT2D eigenvalue weighted by Gasteiger charge is -2.39. The van der Waals surface area contributed by atoms with Crippen molar-refractivity contribution in [3.05, 3.63) is 0 Å². The number of piperazine rings is 1. The molecule has 2 amide bonds. The van der Waals surface area contributed by atoms with Crippen LogP contribution in [0.4, 0.5) is 4.79 Å². The predicted octanol–water partition coefficient (Wildman–Crippen LogP) is 0.694. The molecule has 1 atom stereocenters. The van der Waals surface area contributed by atoms with Crippen molar-refractivity contribution < 1.29 is 4.79 Å². The summed E-state index contributed by atoms with van der Waals surface area (Å²) in [6.07, 6.45) is 0. The van der Waals surface area contributed by atoms with Crippen LogP contribution in [-0.2, 0) is 0 Å². The van der Waals surface area contributed by atoms with Crippen LogP contribution in [0.5, 0.6) is 0 Å². The smallest absolute Gasteiger partial charge is 0.320 e. The minimum Gasteiger partial charge on any atom is -0.328 e. The van der Waals surface area contributed by atoms with Gasteiger partial charge in [-0.1, -0.05) is 0 Å². The molecular formula is C10H21N3O. The van der Waals surface area contributed by atoms with E-state index in [9.17, 15) is 4.79 Å². The maximum absolute atomic E-state index is 11.9. The Kier molecular flexibility index (Phi) is 3.75. The Morgan fingerprint density at radius 2 is 2.14 bits per heavy atom. The molecule has 0 aliphatic carbocycles. The van der Waals surface area contributed by atoms with Crippen molar-refractivity contribution >= 4 is 6.03 Å². The van der Waals surface area contributed by atoms with Crippen LogP contribution in [0.3, 0.4) is 0 Å². The van der Waals surface area contributed by atoms with E-state index in [0.29, 0.717) is 6.04 Å². The second-order valence-electron chi connectivity index (χ2n) is 4.10. The van der Waals surface area contributed by atoms with Crippen LogP contribution in [-0.4, -0.2) is 67.0 Å². The summed E-state index contributed by atoms with van der Waals surface area (Å²) in [5.74, 6) is 0. The van der Waals surface area contributed by atoms with Gasteiger partial charge in [0.25, 0.3) is 0 Å². The van der Waals surface area contributed by atoms with Gasteiger partial charge in [-0.25, -0.2) is 4.79 Å². The first-order chi connectivity index (χ1) is 6.56. The summed E-state index contributed by atoms with van der Waals surface area (Å²) in [5, 5.41) is 0. The molecule has 1 aliphatic rings. The quantitative estimate of drug-likeness (QED) is 0.621. The molecule has 0 spiro atoms. The molecule has 1 fully saturated rings. The fraction of sp³-hybridized carbons (Fsp3) is 0.900. The zero-order chi connectivity index (χ0) is 10.7. The summed E-state index contributed by atoms with van der Waals surface area (Å²) in [4.78, 5) is 17.9. The van der Waals surface area contributed by atoms with Gasteiger partial charge in [-0.3, -0.25) is 0 Å². The summed E-state index contributed by atoms with van der Waals surface area (Å²) in [7, 11) is 3.95. The van der Waals surface area contributed by atoms with Gasteiger partial charge in [0.05, 0.1) is 0 Å². The zero-order valence-corrected chi connectivity index (χ0v) is 9.66. The normalized spacial score (nSPS) is 23.7. The van der Waals surface area contributed by atoms with Crippen LogP contribution >= 0.6 is 0 Å². The average Bonchev–Trinajstić information content (AvgIpc) is 2.15. The van der Waals surface area contributed by atoms with Crippen LogP contribution in [0, 0.1) is 0 Å². The minimum absolute atomic E-state index is 0.160. The van der Waals surface area contributed by atoms with Gasteiger partial charge in [0, 0.05) is 39.3 Å². The number of likely N-dealkylation sites (N-methyl/N-ethyl adjacent to an activating group) is 1. The van der Waals surface area contributed by atoms with Crippen molar-refractivity contribution in [2.24, 2.45) is 0 Å². The fourth-order valence-corrected chi connectivity index (χ4v) is 1.78. The zero-order valence-electron chi connectivity index (χ0n) is 9.66. The molecule has 0 N–H and O–H groups in total. The molecule has 1 heterocycles. The molecule has 0 radical (unpaired) electrons. The molecule has 0 saturated carbocycles. The van der Waals surface area contributed by atoms with Gasteiger partial charge in [0.2, 0.25) is 0 Å². The van der Waals surface area contributed by atoms with Crippen LogP contribution in [0.15, 0.2) is 0 Å². The molecule has 0 aromatic heterocycles. The highest BCUT2D eigenvalue weighted by molar-refractivity contribution is 5.74. The maximum atomic E-state index is 11.9. The van der Waals surface area contributed by atoms with Gasteiger partial charge < -0.3 is 14.7 Å². The monoisotopic (exact) mass is 199 g/mol. The number of carbonyl (C=O) groups excluding carboxylic acids is 1. The molecular weight excluding hydrogens is 178 g/mol. The molecule has 4 nitrogen and oxygen atoms in total. The third kappa shape index (κ3) is 2.38. The predicted molar refractivity (Wildman–Crippen MR) is 57.4 cm³/mol. The molecule has 1 rings (SSSR count). The molecule has 0 aromatic carbocycles. The third-order valence-electron chi connectivity index (χ3n) is 2.88. The van der Waals surface area contributed by atoms with Gasteiger partial charge in [-0.15, -0.1) is 0 Å². The van der Waals surface area contributed by atoms with Crippen LogP contribution < -0.4 is 0 Å². The summed E-state index contributed by atoms with van der Waals surface area (Å²) in [5.41, 5.74) is 0. The van der Waals surface area contributed by atoms with Crippen molar-refractivity contribution in [3.8, 4) is 0 Å². The summed E-state index contributed by atoms with van der Waals surface area (Å²) >= 11 is 0. The van der Waals surface area contributed by atoms with E-state index in [-0.39, 0.29) is 6.03 Å². The second kappa shape index (κ2) is 4.64. The van der Waals surface area contributed by atoms with Crippen LogP contribution in [0.1, 0.15) is 13.8 Å². The number of carbonyl (C=O) groups is 1. The summed E-state index contributed by atoms with van der Waals surface area (Å²) in [6.45, 7) is 7.69. The Bertz CT molecular complexity index is 208. The van der Waals surface area contributed by atoms with Crippen molar-refractivity contribution in [1.82, 2.24) is 14.7 Å². The standard InChI is InChI=1S/C10H21N3O/c1-5-12(4)10(14)13-7-6-11(3)8-9(13)2/h9H,5-8H2,1-4H3. The van der Waals surface area contributed by atoms with Gasteiger partial charge in [-0.05, 0) is 20.9 Å². The van der Waals surface area contributed by atoms with Gasteiger partial charge >= 0.3 is 6.03 Å². The van der Waals surface area contributed by atoms with E-state index in [1.807, 2.05) is 18.9 Å². The topological polar surface area (TPSA) is 26.8 Å². The minimum atomic E-state index is 0.160. The molecule has 1 saturated heterocycles. The first-order valence-corrected chi connectivity index (χ1v) is 5.26. The average molecular weight is 199 g/mol. The van der Waals surface area contributed by atoms with Crippen molar-refractivity contribution in [2.75, 3.05) is 40.3 Å². The molecule has 1 unspecified atom stereocenters. The molecule has 82 valence electrons. The lowest BCUT2D eigenvalue weighted by atomic mass is 10.2. The van der Waals surface area contributed by atoms with Gasteiger partial charge in [0.15, 0.2) is 0 Å². The highest BCUT2D eigenvalue weighted by Crippen LogP contribution is 2.09. The second-order valence-corrected chi connectivity index (χ2v) is 4.10. The first kappa shape index (κ1) is 11.3. The SMILES string of the molecule is CCN(C)C(=O)N1CCN(C)CC1C. The lowest BCUT2D eigenvalue weighted by Crippen LogP contribution is -2.55. The molecule has 4 heteroatoms. The highest BCUT2D eigenvalue weighted by atomic mass is 16.2. The Balaban J connectivity index is 2.55. The van der Waals surface area contributed by atoms with Crippen molar-refractivity contribution in [2.45, 2.75) is 19.9 Å². The number of hydrogen-bond acceptors (Lipinski definition) is 2. The summed E-state index contributed by atoms with van der Waals surface area (Å²) < 4.78 is 0. The van der Waals surface area contributed by atoms with E-state index >= 15 is 0 Å². The highest BCUT2D eigenvalue weighted by Gasteiger charge is 2.26. The van der Waals surface area contributed by atoms with E-state index in [1.54, 1.807) is 4.90 Å². The molecule has 0 aromatic rings. The number of amides is 2. The van der Waals surface area contributed by atoms with E-state index < -0.39 is 0 Å². The summed E-state index contributed by atoms with van der Waals surface area (Å²) in [6, 6.07) is 0.489. The van der Waals surface area contributed by atoms with E-state index in [2.05, 4.69) is 18.9 Å². The van der Waals surface area contributed by atoms with E-state index in [1.165, 1.54) is 0 Å². The fourth-order valence-electron chi connectivity index (χ4n) is 1.78. The van der Waals surface area contributed by atoms with Gasteiger partial charge in [-0.2, -0.15) is 0 Å². The Morgan fingerprint density at radius 3 is 2.64 bits per heavy atom. The molecule has 1 aliphatic heterocycles. The van der Waals surface area contributed by atoms with E-state index in [0.717, 1.165) is 26.2 Å². The first-order valence-electron chi connectivity index (χ1n) is 5.26. The van der Waals surface area contributed by atoms with Crippen LogP contribution in [0.25, 0.3) is 0 Å². The van der Waals surface area contributed by atoms with Gasteiger partial charge in [0.1, 0.15) is 0 Å². The van der Waals surface area contributed by atoms with Crippen molar-refractivity contribution in [3.63, 3.8) is 0 Å². The lowest BCUT2D eigenvalue weighted by molar-refractivity contribution is 0.0978. The Hall–Kier alpha value is -0.770. The molecule has 14 heavy (non-hydrogen) atoms. The Labute approximate surface area is 86.5 Å². The van der Waals surface area contributed by atoms with E-state index in [4.69, 9.17) is 0 Å². The number of hydrogen-bond donors (Lipinski definition) is 0. The molecule has 0 bridgehead atoms. The van der Waals surface area contributed by atoms with Crippen LogP contribution in [0.2, 0.25) is 0 Å². The number of rotatable bonds is 1.